The summed E-state index contributed by atoms with van der Waals surface area (Å²) in [5.74, 6) is 0.894. The quantitative estimate of drug-likeness (QED) is 0.671. The molecule has 4 rings (SSSR count). The van der Waals surface area contributed by atoms with Gasteiger partial charge in [-0.3, -0.25) is 15.0 Å². The maximum Gasteiger partial charge on any atom is 0.423 e. The van der Waals surface area contributed by atoms with Crippen molar-refractivity contribution < 1.29 is 18.1 Å². The minimum Gasteiger partial charge on any atom is -0.382 e. The van der Waals surface area contributed by atoms with E-state index in [1.807, 2.05) is 0 Å². The molecule has 24 heavy (non-hydrogen) atoms. The molecule has 8 heteroatoms. The molecule has 1 saturated heterocycles. The molecule has 130 valence electrons. The highest BCUT2D eigenvalue weighted by Gasteiger charge is 2.72. The molecule has 0 radical (unpaired) electrons. The number of nitro benzene ring substituents is 1. The largest absolute Gasteiger partial charge is 0.423 e. The molecule has 1 aliphatic heterocycles. The Kier molecular flexibility index (Phi) is 3.32. The number of hydrogen-bond donors (Lipinski definition) is 1. The van der Waals surface area contributed by atoms with Crippen molar-refractivity contribution in [1.82, 2.24) is 4.90 Å². The Hall–Kier alpha value is -1.83. The van der Waals surface area contributed by atoms with Crippen LogP contribution in [0.4, 0.5) is 24.5 Å². The van der Waals surface area contributed by atoms with Crippen LogP contribution in [0.1, 0.15) is 31.2 Å². The van der Waals surface area contributed by atoms with Crippen LogP contribution in [0.3, 0.4) is 0 Å². The molecule has 1 heterocycles. The van der Waals surface area contributed by atoms with Gasteiger partial charge in [-0.2, -0.15) is 13.2 Å². The number of nitro groups is 1. The number of rotatable bonds is 4. The minimum absolute atomic E-state index is 0.108. The molecule has 2 saturated carbocycles. The van der Waals surface area contributed by atoms with Crippen molar-refractivity contribution in [3.05, 3.63) is 33.9 Å². The van der Waals surface area contributed by atoms with Crippen molar-refractivity contribution in [2.75, 3.05) is 18.4 Å². The average Bonchev–Trinajstić information content (AvgIpc) is 3.37. The first-order chi connectivity index (χ1) is 11.3. The number of piperidine rings is 1. The van der Waals surface area contributed by atoms with E-state index < -0.39 is 22.4 Å². The lowest BCUT2D eigenvalue weighted by Gasteiger charge is -2.35. The Morgan fingerprint density at radius 1 is 1.25 bits per heavy atom. The second-order valence-electron chi connectivity index (χ2n) is 7.10. The van der Waals surface area contributed by atoms with Crippen LogP contribution < -0.4 is 5.32 Å². The fourth-order valence-corrected chi connectivity index (χ4v) is 3.91. The summed E-state index contributed by atoms with van der Waals surface area (Å²) < 4.78 is 39.1. The van der Waals surface area contributed by atoms with Gasteiger partial charge in [0, 0.05) is 36.4 Å². The fraction of sp³-hybridized carbons (Fsp3) is 0.625. The van der Waals surface area contributed by atoms with Crippen molar-refractivity contribution in [3.63, 3.8) is 0 Å². The number of fused-ring (bicyclic) bond motifs is 1. The average molecular weight is 341 g/mol. The number of nitrogens with zero attached hydrogens (tertiary/aromatic N) is 2. The summed E-state index contributed by atoms with van der Waals surface area (Å²) in [6.07, 6.45) is -0.361. The minimum atomic E-state index is -4.74. The third-order valence-electron chi connectivity index (χ3n) is 5.63. The number of benzene rings is 1. The smallest absolute Gasteiger partial charge is 0.382 e. The third-order valence-corrected chi connectivity index (χ3v) is 5.63. The highest BCUT2D eigenvalue weighted by molar-refractivity contribution is 5.55. The molecule has 0 aromatic heterocycles. The SMILES string of the molecule is O=[N+]([O-])c1ccc(NC2CCN(C34CC3C4)CC2)cc1C(F)(F)F. The zero-order valence-electron chi connectivity index (χ0n) is 13.0. The number of nitrogens with one attached hydrogen (secondary N) is 1. The van der Waals surface area contributed by atoms with Crippen LogP contribution in [0.2, 0.25) is 0 Å². The van der Waals surface area contributed by atoms with Crippen LogP contribution in [0.5, 0.6) is 0 Å². The van der Waals surface area contributed by atoms with E-state index in [0.717, 1.165) is 44.0 Å². The molecule has 0 bridgehead atoms. The highest BCUT2D eigenvalue weighted by Crippen LogP contribution is 2.70. The Morgan fingerprint density at radius 2 is 1.88 bits per heavy atom. The third kappa shape index (κ3) is 2.62. The molecule has 3 fully saturated rings. The van der Waals surface area contributed by atoms with E-state index >= 15 is 0 Å². The van der Waals surface area contributed by atoms with E-state index in [9.17, 15) is 23.3 Å². The lowest BCUT2D eigenvalue weighted by Crippen LogP contribution is -2.42. The first-order valence-corrected chi connectivity index (χ1v) is 8.17. The van der Waals surface area contributed by atoms with Crippen LogP contribution in [0, 0.1) is 16.0 Å². The van der Waals surface area contributed by atoms with Gasteiger partial charge in [0.05, 0.1) is 4.92 Å². The summed E-state index contributed by atoms with van der Waals surface area (Å²) in [4.78, 5) is 12.3. The summed E-state index contributed by atoms with van der Waals surface area (Å²) in [7, 11) is 0. The van der Waals surface area contributed by atoms with E-state index in [2.05, 4.69) is 10.2 Å². The summed E-state index contributed by atoms with van der Waals surface area (Å²) in [6.45, 7) is 1.93. The van der Waals surface area contributed by atoms with Crippen molar-refractivity contribution >= 4 is 11.4 Å². The first kappa shape index (κ1) is 15.7. The number of likely N-dealkylation sites (tertiary alicyclic amines) is 1. The summed E-state index contributed by atoms with van der Waals surface area (Å²) >= 11 is 0. The molecule has 3 aliphatic rings. The maximum atomic E-state index is 13.0. The molecular formula is C16H18F3N3O2. The van der Waals surface area contributed by atoms with Gasteiger partial charge >= 0.3 is 6.18 Å². The standard InChI is InChI=1S/C16H18F3N3O2/c17-16(18,19)13-7-12(1-2-14(13)22(23)24)20-11-3-5-21(6-4-11)15-8-10(15)9-15/h1-2,7,10-11,20H,3-6,8-9H2. The maximum absolute atomic E-state index is 13.0. The van der Waals surface area contributed by atoms with E-state index in [4.69, 9.17) is 0 Å². The molecule has 0 amide bonds. The van der Waals surface area contributed by atoms with Gasteiger partial charge in [-0.1, -0.05) is 0 Å². The number of alkyl halides is 3. The summed E-state index contributed by atoms with van der Waals surface area (Å²) in [5, 5.41) is 13.9. The van der Waals surface area contributed by atoms with Crippen LogP contribution in [-0.4, -0.2) is 34.5 Å². The highest BCUT2D eigenvalue weighted by atomic mass is 19.4. The fourth-order valence-electron chi connectivity index (χ4n) is 3.91. The topological polar surface area (TPSA) is 58.4 Å². The van der Waals surface area contributed by atoms with Crippen molar-refractivity contribution in [3.8, 4) is 0 Å². The second kappa shape index (κ2) is 5.08. The molecular weight excluding hydrogens is 323 g/mol. The van der Waals surface area contributed by atoms with Gasteiger partial charge in [0.1, 0.15) is 5.56 Å². The van der Waals surface area contributed by atoms with Crippen LogP contribution in [0.15, 0.2) is 18.2 Å². The molecule has 0 atom stereocenters. The van der Waals surface area contributed by atoms with Gasteiger partial charge in [-0.05, 0) is 43.7 Å². The normalized spacial score (nSPS) is 29.9. The van der Waals surface area contributed by atoms with E-state index in [-0.39, 0.29) is 6.04 Å². The zero-order valence-corrected chi connectivity index (χ0v) is 13.0. The van der Waals surface area contributed by atoms with Gasteiger partial charge in [0.2, 0.25) is 0 Å². The van der Waals surface area contributed by atoms with Crippen LogP contribution in [-0.2, 0) is 6.18 Å². The van der Waals surface area contributed by atoms with Crippen LogP contribution in [0.25, 0.3) is 0 Å². The van der Waals surface area contributed by atoms with Gasteiger partial charge in [0.25, 0.3) is 5.69 Å². The zero-order chi connectivity index (χ0) is 17.1. The van der Waals surface area contributed by atoms with Gasteiger partial charge in [-0.15, -0.1) is 0 Å². The van der Waals surface area contributed by atoms with Crippen molar-refractivity contribution in [1.29, 1.82) is 0 Å². The van der Waals surface area contributed by atoms with Gasteiger partial charge in [-0.25, -0.2) is 0 Å². The Morgan fingerprint density at radius 3 is 2.38 bits per heavy atom. The first-order valence-electron chi connectivity index (χ1n) is 8.17. The Labute approximate surface area is 137 Å². The monoisotopic (exact) mass is 341 g/mol. The summed E-state index contributed by atoms with van der Waals surface area (Å²) in [6, 6.07) is 3.24. The van der Waals surface area contributed by atoms with E-state index in [1.54, 1.807) is 0 Å². The predicted octanol–water partition coefficient (Wildman–Crippen LogP) is 3.65. The van der Waals surface area contributed by atoms with Gasteiger partial charge < -0.3 is 5.32 Å². The number of halogens is 3. The number of hydrogen-bond acceptors (Lipinski definition) is 4. The molecule has 0 spiro atoms. The molecule has 1 N–H and O–H groups in total. The second-order valence-corrected chi connectivity index (χ2v) is 7.10. The molecule has 5 nitrogen and oxygen atoms in total. The van der Waals surface area contributed by atoms with Gasteiger partial charge in [0.15, 0.2) is 0 Å². The van der Waals surface area contributed by atoms with Crippen molar-refractivity contribution in [2.24, 2.45) is 5.92 Å². The summed E-state index contributed by atoms with van der Waals surface area (Å²) in [5.41, 5.74) is -1.33. The molecule has 1 aromatic carbocycles. The number of anilines is 1. The Balaban J connectivity index is 1.44. The van der Waals surface area contributed by atoms with E-state index in [1.165, 1.54) is 18.9 Å². The Bertz CT molecular complexity index is 678. The molecule has 2 aliphatic carbocycles. The lowest BCUT2D eigenvalue weighted by atomic mass is 10.0. The molecule has 1 aromatic rings. The molecule has 0 unspecified atom stereocenters. The van der Waals surface area contributed by atoms with Crippen molar-refractivity contribution in [2.45, 2.75) is 43.4 Å². The van der Waals surface area contributed by atoms with Crippen LogP contribution >= 0.6 is 0 Å². The van der Waals surface area contributed by atoms with E-state index in [0.29, 0.717) is 11.2 Å². The predicted molar refractivity (Wildman–Crippen MR) is 81.8 cm³/mol. The lowest BCUT2D eigenvalue weighted by molar-refractivity contribution is -0.388.